The quantitative estimate of drug-likeness (QED) is 0.922. The highest BCUT2D eigenvalue weighted by atomic mass is 35.5. The number of hydrogen-bond acceptors (Lipinski definition) is 4. The van der Waals surface area contributed by atoms with Crippen molar-refractivity contribution in [3.8, 4) is 11.3 Å². The summed E-state index contributed by atoms with van der Waals surface area (Å²) in [5.74, 6) is -0.0204. The van der Waals surface area contributed by atoms with Crippen LogP contribution in [-0.4, -0.2) is 41.5 Å². The largest absolute Gasteiger partial charge is 0.355 e. The van der Waals surface area contributed by atoms with E-state index in [1.807, 2.05) is 0 Å². The van der Waals surface area contributed by atoms with Gasteiger partial charge in [0.25, 0.3) is 5.91 Å². The molecule has 2 amide bonds. The van der Waals surface area contributed by atoms with Crippen LogP contribution in [0.3, 0.4) is 0 Å². The molecule has 24 heavy (non-hydrogen) atoms. The lowest BCUT2D eigenvalue weighted by Gasteiger charge is -2.26. The van der Waals surface area contributed by atoms with Crippen LogP contribution in [0.1, 0.15) is 29.8 Å². The van der Waals surface area contributed by atoms with Crippen LogP contribution in [0.15, 0.2) is 34.9 Å². The minimum absolute atomic E-state index is 0.0258. The lowest BCUT2D eigenvalue weighted by Crippen LogP contribution is -2.42. The van der Waals surface area contributed by atoms with E-state index in [1.54, 1.807) is 35.2 Å². The van der Waals surface area contributed by atoms with Crippen LogP contribution in [0.25, 0.3) is 11.3 Å². The summed E-state index contributed by atoms with van der Waals surface area (Å²) in [5.41, 5.74) is 0.918. The van der Waals surface area contributed by atoms with Crippen molar-refractivity contribution in [1.29, 1.82) is 0 Å². The number of aromatic nitrogens is 1. The van der Waals surface area contributed by atoms with Gasteiger partial charge in [-0.05, 0) is 43.5 Å². The Morgan fingerprint density at radius 1 is 1.17 bits per heavy atom. The van der Waals surface area contributed by atoms with Gasteiger partial charge in [0.05, 0.1) is 6.54 Å². The molecule has 1 N–H and O–H groups in total. The molecule has 3 rings (SSSR count). The summed E-state index contributed by atoms with van der Waals surface area (Å²) in [6.07, 6.45) is 3.20. The van der Waals surface area contributed by atoms with Gasteiger partial charge in [0.1, 0.15) is 0 Å². The first-order chi connectivity index (χ1) is 11.6. The van der Waals surface area contributed by atoms with Gasteiger partial charge in [0.15, 0.2) is 11.5 Å². The monoisotopic (exact) mass is 347 g/mol. The second-order valence-corrected chi connectivity index (χ2v) is 6.14. The predicted molar refractivity (Wildman–Crippen MR) is 89.7 cm³/mol. The molecule has 0 unspecified atom stereocenters. The number of likely N-dealkylation sites (tertiary alicyclic amines) is 1. The molecule has 1 aliphatic heterocycles. The lowest BCUT2D eigenvalue weighted by atomic mass is 10.1. The van der Waals surface area contributed by atoms with Crippen LogP contribution in [0, 0.1) is 0 Å². The van der Waals surface area contributed by atoms with Crippen molar-refractivity contribution in [1.82, 2.24) is 15.4 Å². The fourth-order valence-electron chi connectivity index (χ4n) is 2.63. The van der Waals surface area contributed by atoms with E-state index in [9.17, 15) is 9.59 Å². The van der Waals surface area contributed by atoms with E-state index >= 15 is 0 Å². The van der Waals surface area contributed by atoms with Crippen molar-refractivity contribution in [2.24, 2.45) is 0 Å². The lowest BCUT2D eigenvalue weighted by molar-refractivity contribution is -0.130. The van der Waals surface area contributed by atoms with E-state index in [-0.39, 0.29) is 18.1 Å². The number of nitrogens with one attached hydrogen (secondary N) is 1. The van der Waals surface area contributed by atoms with E-state index in [2.05, 4.69) is 10.5 Å². The van der Waals surface area contributed by atoms with Crippen molar-refractivity contribution >= 4 is 23.4 Å². The molecule has 2 heterocycles. The standard InChI is InChI=1S/C17H18ClN3O3/c18-13-6-4-12(5-7-13)15-10-14(20-24-15)17(23)19-11-16(22)21-8-2-1-3-9-21/h4-7,10H,1-3,8-9,11H2,(H,19,23). The Kier molecular flexibility index (Phi) is 5.15. The second kappa shape index (κ2) is 7.49. The van der Waals surface area contributed by atoms with Gasteiger partial charge in [-0.15, -0.1) is 0 Å². The Hall–Kier alpha value is -2.34. The summed E-state index contributed by atoms with van der Waals surface area (Å²) < 4.78 is 5.19. The molecule has 0 bridgehead atoms. The number of piperidine rings is 1. The van der Waals surface area contributed by atoms with E-state index in [0.29, 0.717) is 10.8 Å². The molecule has 0 radical (unpaired) electrons. The number of carbonyl (C=O) groups excluding carboxylic acids is 2. The number of nitrogens with zero attached hydrogens (tertiary/aromatic N) is 2. The van der Waals surface area contributed by atoms with Gasteiger partial charge in [-0.3, -0.25) is 9.59 Å². The SMILES string of the molecule is O=C(NCC(=O)N1CCCCC1)c1cc(-c2ccc(Cl)cc2)on1. The van der Waals surface area contributed by atoms with Crippen molar-refractivity contribution in [3.05, 3.63) is 41.0 Å². The summed E-state index contributed by atoms with van der Waals surface area (Å²) in [5, 5.41) is 6.97. The number of benzene rings is 1. The van der Waals surface area contributed by atoms with Crippen LogP contribution in [0.2, 0.25) is 5.02 Å². The second-order valence-electron chi connectivity index (χ2n) is 5.71. The van der Waals surface area contributed by atoms with Gasteiger partial charge < -0.3 is 14.7 Å². The minimum Gasteiger partial charge on any atom is -0.355 e. The smallest absolute Gasteiger partial charge is 0.273 e. The third-order valence-electron chi connectivity index (χ3n) is 3.98. The van der Waals surface area contributed by atoms with Crippen LogP contribution in [0.4, 0.5) is 0 Å². The molecular weight excluding hydrogens is 330 g/mol. The van der Waals surface area contributed by atoms with Gasteiger partial charge >= 0.3 is 0 Å². The van der Waals surface area contributed by atoms with E-state index in [1.165, 1.54) is 0 Å². The molecule has 0 saturated carbocycles. The first-order valence-corrected chi connectivity index (χ1v) is 8.30. The highest BCUT2D eigenvalue weighted by Crippen LogP contribution is 2.22. The number of halogens is 1. The van der Waals surface area contributed by atoms with Crippen molar-refractivity contribution < 1.29 is 14.1 Å². The van der Waals surface area contributed by atoms with Crippen molar-refractivity contribution in [3.63, 3.8) is 0 Å². The third-order valence-corrected chi connectivity index (χ3v) is 4.23. The maximum atomic E-state index is 12.1. The Labute approximate surface area is 144 Å². The fourth-order valence-corrected chi connectivity index (χ4v) is 2.76. The molecule has 0 spiro atoms. The number of hydrogen-bond donors (Lipinski definition) is 1. The van der Waals surface area contributed by atoms with Crippen molar-refractivity contribution in [2.75, 3.05) is 19.6 Å². The summed E-state index contributed by atoms with van der Waals surface area (Å²) in [7, 11) is 0. The Balaban J connectivity index is 1.57. The van der Waals surface area contributed by atoms with Gasteiger partial charge in [-0.1, -0.05) is 16.8 Å². The fraction of sp³-hybridized carbons (Fsp3) is 0.353. The van der Waals surface area contributed by atoms with Gasteiger partial charge in [-0.25, -0.2) is 0 Å². The zero-order valence-corrected chi connectivity index (χ0v) is 13.9. The van der Waals surface area contributed by atoms with Gasteiger partial charge in [0.2, 0.25) is 5.91 Å². The molecule has 126 valence electrons. The maximum absolute atomic E-state index is 12.1. The first kappa shape index (κ1) is 16.5. The summed E-state index contributed by atoms with van der Waals surface area (Å²) in [6, 6.07) is 8.58. The van der Waals surface area contributed by atoms with Crippen LogP contribution >= 0.6 is 11.6 Å². The van der Waals surface area contributed by atoms with E-state index in [4.69, 9.17) is 16.1 Å². The average molecular weight is 348 g/mol. The molecule has 1 aliphatic rings. The normalized spacial score (nSPS) is 14.5. The molecule has 1 aromatic heterocycles. The van der Waals surface area contributed by atoms with Crippen LogP contribution in [-0.2, 0) is 4.79 Å². The summed E-state index contributed by atoms with van der Waals surface area (Å²) >= 11 is 5.84. The summed E-state index contributed by atoms with van der Waals surface area (Å²) in [6.45, 7) is 1.50. The molecule has 7 heteroatoms. The average Bonchev–Trinajstić information content (AvgIpc) is 3.11. The van der Waals surface area contributed by atoms with Crippen molar-refractivity contribution in [2.45, 2.75) is 19.3 Å². The molecule has 0 aliphatic carbocycles. The molecular formula is C17H18ClN3O3. The molecule has 2 aromatic rings. The zero-order chi connectivity index (χ0) is 16.9. The molecule has 1 saturated heterocycles. The minimum atomic E-state index is -0.427. The highest BCUT2D eigenvalue weighted by Gasteiger charge is 2.19. The van der Waals surface area contributed by atoms with Crippen LogP contribution in [0.5, 0.6) is 0 Å². The highest BCUT2D eigenvalue weighted by molar-refractivity contribution is 6.30. The maximum Gasteiger partial charge on any atom is 0.273 e. The van der Waals surface area contributed by atoms with E-state index < -0.39 is 5.91 Å². The molecule has 0 atom stereocenters. The zero-order valence-electron chi connectivity index (χ0n) is 13.1. The number of rotatable bonds is 4. The Bertz CT molecular complexity index is 721. The number of carbonyl (C=O) groups is 2. The number of amides is 2. The molecule has 1 aromatic carbocycles. The first-order valence-electron chi connectivity index (χ1n) is 7.92. The summed E-state index contributed by atoms with van der Waals surface area (Å²) in [4.78, 5) is 25.9. The Morgan fingerprint density at radius 3 is 2.58 bits per heavy atom. The van der Waals surface area contributed by atoms with Crippen LogP contribution < -0.4 is 5.32 Å². The van der Waals surface area contributed by atoms with Gasteiger partial charge in [0, 0.05) is 29.7 Å². The molecule has 1 fully saturated rings. The third kappa shape index (κ3) is 3.94. The Morgan fingerprint density at radius 2 is 1.88 bits per heavy atom. The predicted octanol–water partition coefficient (Wildman–Crippen LogP) is 2.74. The topological polar surface area (TPSA) is 75.4 Å². The van der Waals surface area contributed by atoms with E-state index in [0.717, 1.165) is 37.9 Å². The molecule has 6 nitrogen and oxygen atoms in total. The van der Waals surface area contributed by atoms with Gasteiger partial charge in [-0.2, -0.15) is 0 Å².